The molecule has 0 aliphatic rings. The van der Waals surface area contributed by atoms with Gasteiger partial charge in [0.15, 0.2) is 17.4 Å². The first-order valence-corrected chi connectivity index (χ1v) is 12.2. The van der Waals surface area contributed by atoms with Crippen molar-refractivity contribution in [2.75, 3.05) is 6.61 Å². The number of halogens is 2. The van der Waals surface area contributed by atoms with Crippen molar-refractivity contribution in [1.29, 1.82) is 0 Å². The number of aromatic nitrogens is 1. The Kier molecular flexibility index (Phi) is 7.35. The van der Waals surface area contributed by atoms with E-state index in [0.29, 0.717) is 23.3 Å². The minimum Gasteiger partial charge on any atom is -0.489 e. The molecule has 0 bridgehead atoms. The molecular formula is C31H25F2NO4. The predicted molar refractivity (Wildman–Crippen MR) is 141 cm³/mol. The van der Waals surface area contributed by atoms with Crippen LogP contribution in [0.3, 0.4) is 0 Å². The summed E-state index contributed by atoms with van der Waals surface area (Å²) >= 11 is 0. The molecule has 0 saturated heterocycles. The molecule has 0 saturated carbocycles. The van der Waals surface area contributed by atoms with Crippen LogP contribution < -0.4 is 9.47 Å². The van der Waals surface area contributed by atoms with Crippen LogP contribution in [0.2, 0.25) is 0 Å². The summed E-state index contributed by atoms with van der Waals surface area (Å²) in [4.78, 5) is 12.8. The molecule has 5 aromatic rings. The van der Waals surface area contributed by atoms with E-state index < -0.39 is 23.4 Å². The van der Waals surface area contributed by atoms with Crippen molar-refractivity contribution in [3.05, 3.63) is 126 Å². The molecule has 0 fully saturated rings. The lowest BCUT2D eigenvalue weighted by Gasteiger charge is -2.14. The molecule has 5 nitrogen and oxygen atoms in total. The van der Waals surface area contributed by atoms with Crippen LogP contribution in [0.5, 0.6) is 11.5 Å². The Balaban J connectivity index is 1.49. The van der Waals surface area contributed by atoms with E-state index in [-0.39, 0.29) is 24.6 Å². The van der Waals surface area contributed by atoms with Gasteiger partial charge in [0.1, 0.15) is 24.7 Å². The van der Waals surface area contributed by atoms with Crippen LogP contribution in [0.25, 0.3) is 16.6 Å². The maximum atomic E-state index is 15.1. The molecule has 192 valence electrons. The number of hydrogen-bond acceptors (Lipinski definition) is 4. The summed E-state index contributed by atoms with van der Waals surface area (Å²) in [7, 11) is 0. The van der Waals surface area contributed by atoms with Gasteiger partial charge in [0.25, 0.3) is 0 Å². The van der Waals surface area contributed by atoms with Crippen molar-refractivity contribution in [2.45, 2.75) is 20.1 Å². The van der Waals surface area contributed by atoms with E-state index >= 15 is 8.78 Å². The lowest BCUT2D eigenvalue weighted by molar-refractivity contribution is 0.0517. The van der Waals surface area contributed by atoms with Crippen molar-refractivity contribution in [3.63, 3.8) is 0 Å². The number of benzene rings is 4. The summed E-state index contributed by atoms with van der Waals surface area (Å²) < 4.78 is 48.3. The van der Waals surface area contributed by atoms with Crippen LogP contribution in [-0.4, -0.2) is 17.1 Å². The van der Waals surface area contributed by atoms with Crippen LogP contribution in [0.4, 0.5) is 8.78 Å². The van der Waals surface area contributed by atoms with Crippen molar-refractivity contribution < 1.29 is 27.8 Å². The molecule has 0 amide bonds. The highest BCUT2D eigenvalue weighted by atomic mass is 19.1. The molecule has 0 radical (unpaired) electrons. The van der Waals surface area contributed by atoms with E-state index in [0.717, 1.165) is 23.3 Å². The molecule has 0 unspecified atom stereocenters. The Labute approximate surface area is 218 Å². The zero-order chi connectivity index (χ0) is 26.5. The highest BCUT2D eigenvalue weighted by Crippen LogP contribution is 2.32. The van der Waals surface area contributed by atoms with E-state index in [1.54, 1.807) is 43.3 Å². The quantitative estimate of drug-likeness (QED) is 0.195. The fraction of sp³-hybridized carbons (Fsp3) is 0.129. The Morgan fingerprint density at radius 3 is 1.97 bits per heavy atom. The minimum absolute atomic E-state index is 0.0142. The molecule has 38 heavy (non-hydrogen) atoms. The van der Waals surface area contributed by atoms with Gasteiger partial charge in [-0.15, -0.1) is 0 Å². The second kappa shape index (κ2) is 11.2. The van der Waals surface area contributed by atoms with Gasteiger partial charge in [-0.25, -0.2) is 13.6 Å². The highest BCUT2D eigenvalue weighted by molar-refractivity contribution is 5.97. The first-order chi connectivity index (χ1) is 18.5. The minimum atomic E-state index is -0.879. The number of fused-ring (bicyclic) bond motifs is 1. The number of nitrogens with zero attached hydrogens (tertiary/aromatic N) is 1. The molecule has 1 aromatic heterocycles. The SMILES string of the molecule is CCOC(=O)c1cc2cc(OCc3ccccc3)ccc2n1-c1cc(F)c(OCc2ccccc2)c(F)c1. The molecule has 0 aliphatic carbocycles. The van der Waals surface area contributed by atoms with Crippen molar-refractivity contribution in [2.24, 2.45) is 0 Å². The molecule has 0 atom stereocenters. The van der Waals surface area contributed by atoms with Crippen molar-refractivity contribution in [3.8, 4) is 17.2 Å². The van der Waals surface area contributed by atoms with Crippen LogP contribution in [-0.2, 0) is 18.0 Å². The Morgan fingerprint density at radius 2 is 1.37 bits per heavy atom. The summed E-state index contributed by atoms with van der Waals surface area (Å²) in [6.07, 6.45) is 0. The molecule has 0 spiro atoms. The van der Waals surface area contributed by atoms with Crippen LogP contribution in [0.1, 0.15) is 28.5 Å². The van der Waals surface area contributed by atoms with Gasteiger partial charge >= 0.3 is 5.97 Å². The zero-order valence-corrected chi connectivity index (χ0v) is 20.7. The summed E-state index contributed by atoms with van der Waals surface area (Å²) in [6, 6.07) is 28.0. The van der Waals surface area contributed by atoms with Gasteiger partial charge < -0.3 is 18.8 Å². The largest absolute Gasteiger partial charge is 0.489 e. The van der Waals surface area contributed by atoms with E-state index in [1.807, 2.05) is 48.5 Å². The third-order valence-electron chi connectivity index (χ3n) is 5.97. The summed E-state index contributed by atoms with van der Waals surface area (Å²) in [5.74, 6) is -2.26. The maximum Gasteiger partial charge on any atom is 0.355 e. The standard InChI is InChI=1S/C31H25F2NO4/c1-2-36-31(35)29-16-23-15-25(37-19-21-9-5-3-6-10-21)13-14-28(23)34(29)24-17-26(32)30(27(33)18-24)38-20-22-11-7-4-8-12-22/h3-18H,2,19-20H2,1H3. The molecule has 4 aromatic carbocycles. The monoisotopic (exact) mass is 513 g/mol. The van der Waals surface area contributed by atoms with Crippen LogP contribution in [0, 0.1) is 11.6 Å². The van der Waals surface area contributed by atoms with Gasteiger partial charge in [-0.1, -0.05) is 60.7 Å². The average Bonchev–Trinajstić information content (AvgIpc) is 3.32. The van der Waals surface area contributed by atoms with E-state index in [9.17, 15) is 4.79 Å². The highest BCUT2D eigenvalue weighted by Gasteiger charge is 2.22. The van der Waals surface area contributed by atoms with Gasteiger partial charge in [0.2, 0.25) is 0 Å². The fourth-order valence-electron chi connectivity index (χ4n) is 4.20. The normalized spacial score (nSPS) is 10.9. The maximum absolute atomic E-state index is 15.1. The van der Waals surface area contributed by atoms with Gasteiger partial charge in [0, 0.05) is 17.5 Å². The topological polar surface area (TPSA) is 49.7 Å². The molecule has 7 heteroatoms. The van der Waals surface area contributed by atoms with Gasteiger partial charge in [-0.3, -0.25) is 0 Å². The Hall–Kier alpha value is -4.65. The lowest BCUT2D eigenvalue weighted by Crippen LogP contribution is -2.11. The smallest absolute Gasteiger partial charge is 0.355 e. The number of hydrogen-bond donors (Lipinski definition) is 0. The van der Waals surface area contributed by atoms with Crippen molar-refractivity contribution >= 4 is 16.9 Å². The van der Waals surface area contributed by atoms with E-state index in [4.69, 9.17) is 14.2 Å². The molecule has 1 heterocycles. The van der Waals surface area contributed by atoms with Gasteiger partial charge in [-0.05, 0) is 42.3 Å². The first-order valence-electron chi connectivity index (χ1n) is 12.2. The second-order valence-electron chi connectivity index (χ2n) is 8.59. The van der Waals surface area contributed by atoms with Crippen LogP contribution >= 0.6 is 0 Å². The summed E-state index contributed by atoms with van der Waals surface area (Å²) in [5, 5.41) is 0.656. The number of ether oxygens (including phenoxy) is 3. The van der Waals surface area contributed by atoms with Gasteiger partial charge in [0.05, 0.1) is 17.8 Å². The molecule has 0 N–H and O–H groups in total. The summed E-state index contributed by atoms with van der Waals surface area (Å²) in [5.41, 5.74) is 2.62. The van der Waals surface area contributed by atoms with E-state index in [2.05, 4.69) is 0 Å². The number of carbonyl (C=O) groups excluding carboxylic acids is 1. The number of carbonyl (C=O) groups is 1. The fourth-order valence-corrected chi connectivity index (χ4v) is 4.20. The lowest BCUT2D eigenvalue weighted by atomic mass is 10.2. The second-order valence-corrected chi connectivity index (χ2v) is 8.59. The Bertz CT molecular complexity index is 1540. The summed E-state index contributed by atoms with van der Waals surface area (Å²) in [6.45, 7) is 2.23. The Morgan fingerprint density at radius 1 is 0.763 bits per heavy atom. The average molecular weight is 514 g/mol. The molecular weight excluding hydrogens is 488 g/mol. The predicted octanol–water partition coefficient (Wildman–Crippen LogP) is 7.24. The van der Waals surface area contributed by atoms with E-state index in [1.165, 1.54) is 4.57 Å². The number of rotatable bonds is 9. The molecule has 0 aliphatic heterocycles. The third kappa shape index (κ3) is 5.37. The van der Waals surface area contributed by atoms with Crippen molar-refractivity contribution in [1.82, 2.24) is 4.57 Å². The van der Waals surface area contributed by atoms with Crippen LogP contribution in [0.15, 0.2) is 97.1 Å². The zero-order valence-electron chi connectivity index (χ0n) is 20.7. The molecule has 5 rings (SSSR count). The van der Waals surface area contributed by atoms with Gasteiger partial charge in [-0.2, -0.15) is 0 Å². The number of esters is 1. The first kappa shape index (κ1) is 25.0. The third-order valence-corrected chi connectivity index (χ3v) is 5.97.